The van der Waals surface area contributed by atoms with Crippen LogP contribution in [0.15, 0.2) is 68.8 Å². The molecule has 0 saturated carbocycles. The Morgan fingerprint density at radius 1 is 1.04 bits per heavy atom. The van der Waals surface area contributed by atoms with Crippen LogP contribution in [0.25, 0.3) is 5.69 Å². The first-order chi connectivity index (χ1) is 12.0. The summed E-state index contributed by atoms with van der Waals surface area (Å²) in [4.78, 5) is 39.5. The maximum absolute atomic E-state index is 12.6. The van der Waals surface area contributed by atoms with E-state index in [-0.39, 0.29) is 5.56 Å². The lowest BCUT2D eigenvalue weighted by Gasteiger charge is -2.08. The molecule has 0 radical (unpaired) electrons. The molecule has 0 aliphatic rings. The molecule has 2 aromatic carbocycles. The number of nitrogens with zero attached hydrogens (tertiary/aromatic N) is 1. The number of anilines is 1. The molecule has 25 heavy (non-hydrogen) atoms. The third-order valence-corrected chi connectivity index (χ3v) is 4.14. The number of aromatic amines is 1. The quantitative estimate of drug-likeness (QED) is 0.709. The topological polar surface area (TPSA) is 84.0 Å². The molecule has 0 saturated heterocycles. The van der Waals surface area contributed by atoms with Gasteiger partial charge < -0.3 is 10.3 Å². The average Bonchev–Trinajstić information content (AvgIpc) is 2.58. The molecule has 0 fully saturated rings. The van der Waals surface area contributed by atoms with E-state index in [1.54, 1.807) is 48.5 Å². The number of hydrogen-bond acceptors (Lipinski definition) is 3. The molecule has 3 aromatic rings. The maximum Gasteiger partial charge on any atom is 0.333 e. The van der Waals surface area contributed by atoms with Gasteiger partial charge in [0, 0.05) is 16.4 Å². The third-order valence-electron chi connectivity index (χ3n) is 3.62. The number of hydrogen-bond donors (Lipinski definition) is 2. The highest BCUT2D eigenvalue weighted by molar-refractivity contribution is 9.10. The molecule has 0 bridgehead atoms. The van der Waals surface area contributed by atoms with E-state index < -0.39 is 17.2 Å². The lowest BCUT2D eigenvalue weighted by atomic mass is 10.2. The Morgan fingerprint density at radius 2 is 1.68 bits per heavy atom. The van der Waals surface area contributed by atoms with E-state index in [0.717, 1.165) is 20.8 Å². The molecule has 7 heteroatoms. The predicted molar refractivity (Wildman–Crippen MR) is 99.5 cm³/mol. The highest BCUT2D eigenvalue weighted by Gasteiger charge is 2.16. The van der Waals surface area contributed by atoms with Gasteiger partial charge in [-0.2, -0.15) is 0 Å². The Morgan fingerprint density at radius 3 is 2.32 bits per heavy atom. The van der Waals surface area contributed by atoms with E-state index in [1.807, 2.05) is 6.92 Å². The van der Waals surface area contributed by atoms with Crippen LogP contribution in [0.1, 0.15) is 15.9 Å². The first-order valence-electron chi connectivity index (χ1n) is 7.44. The van der Waals surface area contributed by atoms with Crippen molar-refractivity contribution in [2.24, 2.45) is 0 Å². The normalized spacial score (nSPS) is 10.5. The molecule has 1 amide bonds. The van der Waals surface area contributed by atoms with Gasteiger partial charge in [-0.25, -0.2) is 9.36 Å². The van der Waals surface area contributed by atoms with Gasteiger partial charge in [0.25, 0.3) is 11.5 Å². The number of carbonyl (C=O) groups is 1. The van der Waals surface area contributed by atoms with Gasteiger partial charge in [-0.1, -0.05) is 33.6 Å². The zero-order valence-electron chi connectivity index (χ0n) is 13.2. The minimum atomic E-state index is -0.679. The molecule has 6 nitrogen and oxygen atoms in total. The first kappa shape index (κ1) is 16.9. The number of aryl methyl sites for hydroxylation is 1. The van der Waals surface area contributed by atoms with Gasteiger partial charge in [-0.15, -0.1) is 0 Å². The lowest BCUT2D eigenvalue weighted by molar-refractivity contribution is 0.102. The van der Waals surface area contributed by atoms with Crippen LogP contribution in [-0.4, -0.2) is 15.5 Å². The molecule has 126 valence electrons. The van der Waals surface area contributed by atoms with Crippen molar-refractivity contribution in [2.45, 2.75) is 6.92 Å². The van der Waals surface area contributed by atoms with Crippen LogP contribution in [0.2, 0.25) is 0 Å². The monoisotopic (exact) mass is 399 g/mol. The van der Waals surface area contributed by atoms with E-state index in [4.69, 9.17) is 0 Å². The van der Waals surface area contributed by atoms with Crippen LogP contribution in [0, 0.1) is 6.92 Å². The third kappa shape index (κ3) is 3.61. The van der Waals surface area contributed by atoms with Crippen molar-refractivity contribution in [1.82, 2.24) is 9.55 Å². The van der Waals surface area contributed by atoms with E-state index in [0.29, 0.717) is 11.4 Å². The summed E-state index contributed by atoms with van der Waals surface area (Å²) in [5.74, 6) is -0.593. The van der Waals surface area contributed by atoms with Crippen LogP contribution >= 0.6 is 15.9 Å². The van der Waals surface area contributed by atoms with E-state index >= 15 is 0 Å². The van der Waals surface area contributed by atoms with Gasteiger partial charge in [0.2, 0.25) is 0 Å². The van der Waals surface area contributed by atoms with Gasteiger partial charge >= 0.3 is 5.69 Å². The first-order valence-corrected chi connectivity index (χ1v) is 8.24. The van der Waals surface area contributed by atoms with Crippen molar-refractivity contribution in [2.75, 3.05) is 5.32 Å². The molecule has 3 rings (SSSR count). The zero-order chi connectivity index (χ0) is 18.0. The molecule has 0 aliphatic heterocycles. The van der Waals surface area contributed by atoms with Gasteiger partial charge in [0.15, 0.2) is 0 Å². The molecular weight excluding hydrogens is 386 g/mol. The second-order valence-electron chi connectivity index (χ2n) is 5.44. The Bertz CT molecular complexity index is 1030. The molecule has 1 aromatic heterocycles. The standard InChI is InChI=1S/C18H14BrN3O3/c1-11-2-8-14(9-3-11)22-17(24)15(10-20-18(22)25)16(23)21-13-6-4-12(19)5-7-13/h2-10H,1H3,(H,20,25)(H,21,23). The molecule has 0 atom stereocenters. The van der Waals surface area contributed by atoms with E-state index in [2.05, 4.69) is 26.2 Å². The van der Waals surface area contributed by atoms with E-state index in [1.165, 1.54) is 0 Å². The summed E-state index contributed by atoms with van der Waals surface area (Å²) in [5, 5.41) is 2.64. The predicted octanol–water partition coefficient (Wildman–Crippen LogP) is 2.85. The second kappa shape index (κ2) is 6.90. The summed E-state index contributed by atoms with van der Waals surface area (Å²) in [7, 11) is 0. The van der Waals surface area contributed by atoms with Crippen LogP contribution in [-0.2, 0) is 0 Å². The highest BCUT2D eigenvalue weighted by Crippen LogP contribution is 2.14. The van der Waals surface area contributed by atoms with Crippen molar-refractivity contribution in [3.63, 3.8) is 0 Å². The Kier molecular flexibility index (Phi) is 4.67. The van der Waals surface area contributed by atoms with Crippen LogP contribution < -0.4 is 16.6 Å². The SMILES string of the molecule is Cc1ccc(-n2c(=O)[nH]cc(C(=O)Nc3ccc(Br)cc3)c2=O)cc1. The van der Waals surface area contributed by atoms with Crippen LogP contribution in [0.4, 0.5) is 5.69 Å². The number of aromatic nitrogens is 2. The number of amides is 1. The average molecular weight is 400 g/mol. The van der Waals surface area contributed by atoms with Gasteiger partial charge in [0.05, 0.1) is 5.69 Å². The molecule has 0 unspecified atom stereocenters. The summed E-state index contributed by atoms with van der Waals surface area (Å²) < 4.78 is 1.81. The Labute approximate surface area is 151 Å². The fraction of sp³-hybridized carbons (Fsp3) is 0.0556. The van der Waals surface area contributed by atoms with Crippen molar-refractivity contribution >= 4 is 27.5 Å². The summed E-state index contributed by atoms with van der Waals surface area (Å²) in [5.41, 5.74) is 0.507. The Hall–Kier alpha value is -2.93. The van der Waals surface area contributed by atoms with Gasteiger partial charge in [0.1, 0.15) is 5.56 Å². The smallest absolute Gasteiger partial charge is 0.322 e. The highest BCUT2D eigenvalue weighted by atomic mass is 79.9. The summed E-state index contributed by atoms with van der Waals surface area (Å²) in [6.45, 7) is 1.90. The van der Waals surface area contributed by atoms with Gasteiger partial charge in [-0.05, 0) is 43.3 Å². The second-order valence-corrected chi connectivity index (χ2v) is 6.36. The number of nitrogens with one attached hydrogen (secondary N) is 2. The molecule has 0 spiro atoms. The van der Waals surface area contributed by atoms with E-state index in [9.17, 15) is 14.4 Å². The number of rotatable bonds is 3. The molecule has 1 heterocycles. The maximum atomic E-state index is 12.6. The van der Waals surface area contributed by atoms with Crippen molar-refractivity contribution in [1.29, 1.82) is 0 Å². The van der Waals surface area contributed by atoms with Crippen molar-refractivity contribution in [3.8, 4) is 5.69 Å². The molecule has 0 aliphatic carbocycles. The minimum absolute atomic E-state index is 0.150. The number of benzene rings is 2. The zero-order valence-corrected chi connectivity index (χ0v) is 14.8. The minimum Gasteiger partial charge on any atom is -0.322 e. The number of halogens is 1. The summed E-state index contributed by atoms with van der Waals surface area (Å²) in [6, 6.07) is 13.8. The summed E-state index contributed by atoms with van der Waals surface area (Å²) in [6.07, 6.45) is 1.13. The Balaban J connectivity index is 2.00. The van der Waals surface area contributed by atoms with Gasteiger partial charge in [-0.3, -0.25) is 9.59 Å². The molecule has 2 N–H and O–H groups in total. The fourth-order valence-corrected chi connectivity index (χ4v) is 2.56. The fourth-order valence-electron chi connectivity index (χ4n) is 2.30. The largest absolute Gasteiger partial charge is 0.333 e. The van der Waals surface area contributed by atoms with Crippen molar-refractivity contribution < 1.29 is 4.79 Å². The summed E-state index contributed by atoms with van der Waals surface area (Å²) >= 11 is 3.31. The van der Waals surface area contributed by atoms with Crippen molar-refractivity contribution in [3.05, 3.63) is 91.2 Å². The molecular formula is C18H14BrN3O3. The number of carbonyl (C=O) groups excluding carboxylic acids is 1. The van der Waals surface area contributed by atoms with Crippen LogP contribution in [0.3, 0.4) is 0 Å². The van der Waals surface area contributed by atoms with Crippen LogP contribution in [0.5, 0.6) is 0 Å². The number of H-pyrrole nitrogens is 1. The lowest BCUT2D eigenvalue weighted by Crippen LogP contribution is -2.38.